The van der Waals surface area contributed by atoms with Crippen LogP contribution in [0.25, 0.3) is 0 Å². The summed E-state index contributed by atoms with van der Waals surface area (Å²) in [6, 6.07) is 4.30. The van der Waals surface area contributed by atoms with Crippen LogP contribution < -0.4 is 9.47 Å². The van der Waals surface area contributed by atoms with E-state index in [9.17, 15) is 4.79 Å². The van der Waals surface area contributed by atoms with E-state index in [4.69, 9.17) is 18.9 Å². The molecule has 0 saturated carbocycles. The third-order valence-electron chi connectivity index (χ3n) is 8.58. The fraction of sp³-hybridized carbons (Fsp3) is 0.667. The first-order valence-corrected chi connectivity index (χ1v) is 12.5. The molecule has 2 saturated heterocycles. The minimum atomic E-state index is -0.907. The van der Waals surface area contributed by atoms with Crippen molar-refractivity contribution in [1.29, 1.82) is 0 Å². The van der Waals surface area contributed by atoms with Crippen LogP contribution in [0.2, 0.25) is 0 Å². The molecule has 4 atom stereocenters. The average Bonchev–Trinajstić information content (AvgIpc) is 3.41. The first-order valence-electron chi connectivity index (χ1n) is 12.5. The quantitative estimate of drug-likeness (QED) is 0.486. The Morgan fingerprint density at radius 2 is 1.85 bits per heavy atom. The van der Waals surface area contributed by atoms with Crippen LogP contribution in [0.4, 0.5) is 0 Å². The fourth-order valence-electron chi connectivity index (χ4n) is 7.15. The van der Waals surface area contributed by atoms with Gasteiger partial charge in [0.1, 0.15) is 6.10 Å². The van der Waals surface area contributed by atoms with E-state index in [-0.39, 0.29) is 35.9 Å². The Morgan fingerprint density at radius 1 is 1.06 bits per heavy atom. The topological polar surface area (TPSA) is 57.2 Å². The number of benzene rings is 1. The number of carbonyl (C=O) groups is 1. The Balaban J connectivity index is 1.39. The molecule has 1 unspecified atom stereocenters. The minimum absolute atomic E-state index is 0.0520. The zero-order valence-electron chi connectivity index (χ0n) is 20.2. The number of fused-ring (bicyclic) bond motifs is 3. The first kappa shape index (κ1) is 21.5. The molecular formula is C27H35NO5. The number of rotatable bonds is 2. The Bertz CT molecular complexity index is 1030. The Kier molecular flexibility index (Phi) is 4.70. The molecule has 6 heteroatoms. The van der Waals surface area contributed by atoms with Crippen molar-refractivity contribution in [3.8, 4) is 11.5 Å². The summed E-state index contributed by atoms with van der Waals surface area (Å²) in [4.78, 5) is 16.2. The lowest BCUT2D eigenvalue weighted by atomic mass is 9.77. The fourth-order valence-corrected chi connectivity index (χ4v) is 7.15. The van der Waals surface area contributed by atoms with Gasteiger partial charge >= 0.3 is 5.97 Å². The van der Waals surface area contributed by atoms with E-state index in [1.54, 1.807) is 0 Å². The van der Waals surface area contributed by atoms with E-state index in [1.807, 2.05) is 6.92 Å². The van der Waals surface area contributed by atoms with Crippen LogP contribution in [-0.2, 0) is 20.7 Å². The van der Waals surface area contributed by atoms with Gasteiger partial charge in [-0.2, -0.15) is 0 Å². The summed E-state index contributed by atoms with van der Waals surface area (Å²) in [6.45, 7) is 10.5. The van der Waals surface area contributed by atoms with Crippen molar-refractivity contribution in [1.82, 2.24) is 4.90 Å². The van der Waals surface area contributed by atoms with E-state index in [1.165, 1.54) is 11.1 Å². The predicted molar refractivity (Wildman–Crippen MR) is 124 cm³/mol. The monoisotopic (exact) mass is 453 g/mol. The lowest BCUT2D eigenvalue weighted by Gasteiger charge is -2.43. The zero-order valence-corrected chi connectivity index (χ0v) is 20.2. The Labute approximate surface area is 196 Å². The van der Waals surface area contributed by atoms with Gasteiger partial charge in [-0.15, -0.1) is 0 Å². The van der Waals surface area contributed by atoms with Crippen molar-refractivity contribution < 1.29 is 23.7 Å². The van der Waals surface area contributed by atoms with Crippen molar-refractivity contribution in [3.05, 3.63) is 34.9 Å². The lowest BCUT2D eigenvalue weighted by Crippen LogP contribution is -2.52. The molecule has 6 rings (SSSR count). The summed E-state index contributed by atoms with van der Waals surface area (Å²) in [5.41, 5.74) is 2.33. The molecule has 33 heavy (non-hydrogen) atoms. The molecule has 178 valence electrons. The maximum absolute atomic E-state index is 13.6. The van der Waals surface area contributed by atoms with Gasteiger partial charge in [-0.25, -0.2) is 4.79 Å². The highest BCUT2D eigenvalue weighted by molar-refractivity contribution is 5.80. The van der Waals surface area contributed by atoms with E-state index >= 15 is 0 Å². The summed E-state index contributed by atoms with van der Waals surface area (Å²) < 4.78 is 24.2. The maximum atomic E-state index is 13.6. The van der Waals surface area contributed by atoms with Crippen LogP contribution in [0.5, 0.6) is 11.5 Å². The van der Waals surface area contributed by atoms with E-state index in [2.05, 4.69) is 43.9 Å². The van der Waals surface area contributed by atoms with Crippen LogP contribution >= 0.6 is 0 Å². The highest BCUT2D eigenvalue weighted by Gasteiger charge is 2.57. The van der Waals surface area contributed by atoms with E-state index < -0.39 is 5.60 Å². The van der Waals surface area contributed by atoms with E-state index in [0.717, 1.165) is 62.3 Å². The standard InChI is InChI=1S/C27H35NO5/c1-17-15-27-10-6-11-28(27)12-7-18-13-20-21(31-16-30-20)14-19(18)22(27)23(17)32-24(29)26(4)9-5-8-25(2,3)33-26/h13-15,22-23H,5-12,16H2,1-4H3/t22-,23?,26-,27-/m1/s1. The van der Waals surface area contributed by atoms with Crippen LogP contribution in [0, 0.1) is 0 Å². The molecule has 0 bridgehead atoms. The molecule has 1 aromatic carbocycles. The first-order chi connectivity index (χ1) is 15.7. The zero-order chi connectivity index (χ0) is 23.0. The third-order valence-corrected chi connectivity index (χ3v) is 8.58. The largest absolute Gasteiger partial charge is 0.455 e. The highest BCUT2D eigenvalue weighted by Crippen LogP contribution is 2.55. The molecule has 0 amide bonds. The molecule has 0 N–H and O–H groups in total. The van der Waals surface area contributed by atoms with Crippen molar-refractivity contribution in [2.24, 2.45) is 0 Å². The summed E-state index contributed by atoms with van der Waals surface area (Å²) in [5, 5.41) is 0. The minimum Gasteiger partial charge on any atom is -0.455 e. The van der Waals surface area contributed by atoms with Gasteiger partial charge in [0.2, 0.25) is 6.79 Å². The Morgan fingerprint density at radius 3 is 2.64 bits per heavy atom. The van der Waals surface area contributed by atoms with Gasteiger partial charge in [0.05, 0.1) is 11.1 Å². The molecule has 0 aromatic heterocycles. The number of nitrogens with zero attached hydrogens (tertiary/aromatic N) is 1. The highest BCUT2D eigenvalue weighted by atomic mass is 16.7. The second kappa shape index (κ2) is 7.22. The number of ether oxygens (including phenoxy) is 4. The SMILES string of the molecule is CC1=C[C@@]23CCCN2CCc2cc4c(cc2[C@@H]3C1OC(=O)[C@@]1(C)CCCC(C)(C)O1)OCO4. The summed E-state index contributed by atoms with van der Waals surface area (Å²) in [6.07, 6.45) is 7.92. The van der Waals surface area contributed by atoms with E-state index in [0.29, 0.717) is 6.42 Å². The van der Waals surface area contributed by atoms with Gasteiger partial charge in [-0.1, -0.05) is 6.08 Å². The van der Waals surface area contributed by atoms with Crippen LogP contribution in [0.1, 0.15) is 76.8 Å². The third kappa shape index (κ3) is 3.24. The number of carbonyl (C=O) groups excluding carboxylic acids is 1. The van der Waals surface area contributed by atoms with Gasteiger partial charge in [0.25, 0.3) is 0 Å². The molecule has 2 fully saturated rings. The molecule has 1 spiro atoms. The smallest absolute Gasteiger partial charge is 0.338 e. The molecule has 1 aliphatic carbocycles. The van der Waals surface area contributed by atoms with Gasteiger partial charge < -0.3 is 18.9 Å². The number of esters is 1. The van der Waals surface area contributed by atoms with Gasteiger partial charge in [0, 0.05) is 12.5 Å². The molecule has 4 aliphatic heterocycles. The lowest BCUT2D eigenvalue weighted by molar-refractivity contribution is -0.206. The second-order valence-corrected chi connectivity index (χ2v) is 11.4. The second-order valence-electron chi connectivity index (χ2n) is 11.4. The maximum Gasteiger partial charge on any atom is 0.338 e. The number of hydrogen-bond donors (Lipinski definition) is 0. The molecule has 6 nitrogen and oxygen atoms in total. The van der Waals surface area contributed by atoms with Gasteiger partial charge in [0.15, 0.2) is 17.1 Å². The van der Waals surface area contributed by atoms with Crippen LogP contribution in [0.3, 0.4) is 0 Å². The summed E-state index contributed by atoms with van der Waals surface area (Å²) >= 11 is 0. The molecule has 4 heterocycles. The van der Waals surface area contributed by atoms with Gasteiger partial charge in [-0.3, -0.25) is 4.90 Å². The molecule has 0 radical (unpaired) electrons. The van der Waals surface area contributed by atoms with Crippen molar-refractivity contribution in [2.75, 3.05) is 19.9 Å². The van der Waals surface area contributed by atoms with Crippen LogP contribution in [0.15, 0.2) is 23.8 Å². The predicted octanol–water partition coefficient (Wildman–Crippen LogP) is 4.50. The molecular weight excluding hydrogens is 418 g/mol. The summed E-state index contributed by atoms with van der Waals surface area (Å²) in [7, 11) is 0. The number of hydrogen-bond acceptors (Lipinski definition) is 6. The van der Waals surface area contributed by atoms with Crippen molar-refractivity contribution in [3.63, 3.8) is 0 Å². The summed E-state index contributed by atoms with van der Waals surface area (Å²) in [5.74, 6) is 1.44. The molecule has 1 aromatic rings. The average molecular weight is 454 g/mol. The Hall–Kier alpha value is -2.05. The molecule has 5 aliphatic rings. The van der Waals surface area contributed by atoms with Crippen molar-refractivity contribution >= 4 is 5.97 Å². The van der Waals surface area contributed by atoms with Gasteiger partial charge in [-0.05, 0) is 102 Å². The normalized spacial score (nSPS) is 36.4. The van der Waals surface area contributed by atoms with Crippen LogP contribution in [-0.4, -0.2) is 53.6 Å². The van der Waals surface area contributed by atoms with Crippen molar-refractivity contribution in [2.45, 2.75) is 95.0 Å².